The Balaban J connectivity index is 1.52. The van der Waals surface area contributed by atoms with Crippen LogP contribution in [0.15, 0.2) is 16.5 Å². The highest BCUT2D eigenvalue weighted by atomic mass is 16.5. The van der Waals surface area contributed by atoms with E-state index in [2.05, 4.69) is 15.1 Å². The van der Waals surface area contributed by atoms with E-state index in [0.717, 1.165) is 30.4 Å². The molecule has 2 aliphatic rings. The van der Waals surface area contributed by atoms with Crippen LogP contribution in [0.5, 0.6) is 0 Å². The number of hydrogen-bond donors (Lipinski definition) is 2. The van der Waals surface area contributed by atoms with Crippen LogP contribution >= 0.6 is 0 Å². The molecule has 2 N–H and O–H groups in total. The normalized spacial score (nSPS) is 25.3. The number of furan rings is 1. The van der Waals surface area contributed by atoms with Crippen molar-refractivity contribution in [1.82, 2.24) is 20.1 Å². The van der Waals surface area contributed by atoms with Crippen molar-refractivity contribution in [2.75, 3.05) is 13.7 Å². The van der Waals surface area contributed by atoms with E-state index in [0.29, 0.717) is 18.2 Å². The Bertz CT molecular complexity index is 664. The SMILES string of the molecule is CO[C@@H]1C[C@@H](c2nc(C3CC3)n[nH]2)N(Cc2ccc(CO)o2)C1. The summed E-state index contributed by atoms with van der Waals surface area (Å²) >= 11 is 0. The van der Waals surface area contributed by atoms with E-state index in [1.165, 1.54) is 12.8 Å². The molecule has 2 aromatic heterocycles. The Morgan fingerprint density at radius 1 is 1.39 bits per heavy atom. The molecule has 0 amide bonds. The molecule has 7 heteroatoms. The Hall–Kier alpha value is -1.70. The van der Waals surface area contributed by atoms with Crippen molar-refractivity contribution >= 4 is 0 Å². The van der Waals surface area contributed by atoms with Crippen LogP contribution < -0.4 is 0 Å². The van der Waals surface area contributed by atoms with Crippen molar-refractivity contribution < 1.29 is 14.3 Å². The van der Waals surface area contributed by atoms with E-state index in [1.54, 1.807) is 7.11 Å². The molecule has 4 rings (SSSR count). The smallest absolute Gasteiger partial charge is 0.153 e. The number of aromatic nitrogens is 3. The fourth-order valence-electron chi connectivity index (χ4n) is 3.25. The molecule has 1 saturated carbocycles. The Kier molecular flexibility index (Phi) is 3.92. The lowest BCUT2D eigenvalue weighted by Crippen LogP contribution is -2.25. The zero-order valence-corrected chi connectivity index (χ0v) is 13.2. The summed E-state index contributed by atoms with van der Waals surface area (Å²) in [4.78, 5) is 7.00. The van der Waals surface area contributed by atoms with Gasteiger partial charge in [0.25, 0.3) is 0 Å². The maximum absolute atomic E-state index is 9.13. The lowest BCUT2D eigenvalue weighted by molar-refractivity contribution is 0.106. The fourth-order valence-corrected chi connectivity index (χ4v) is 3.25. The van der Waals surface area contributed by atoms with Gasteiger partial charge >= 0.3 is 0 Å². The summed E-state index contributed by atoms with van der Waals surface area (Å²) in [5.74, 6) is 3.85. The highest BCUT2D eigenvalue weighted by molar-refractivity contribution is 5.11. The number of hydrogen-bond acceptors (Lipinski definition) is 6. The number of ether oxygens (including phenoxy) is 1. The largest absolute Gasteiger partial charge is 0.462 e. The summed E-state index contributed by atoms with van der Waals surface area (Å²) in [5, 5.41) is 16.6. The standard InChI is InChI=1S/C16H22N4O3/c1-22-13-6-14(16-17-15(18-19-16)10-2-3-10)20(8-13)7-11-4-5-12(9-21)23-11/h4-5,10,13-14,21H,2-3,6-9H2,1H3,(H,17,18,19)/t13-,14+/m1/s1. The highest BCUT2D eigenvalue weighted by Gasteiger charge is 2.37. The first-order chi connectivity index (χ1) is 11.3. The van der Waals surface area contributed by atoms with Crippen molar-refractivity contribution in [2.45, 2.75) is 50.5 Å². The van der Waals surface area contributed by atoms with Crippen LogP contribution in [0.4, 0.5) is 0 Å². The molecule has 1 aliphatic carbocycles. The second-order valence-corrected chi connectivity index (χ2v) is 6.42. The Morgan fingerprint density at radius 2 is 2.22 bits per heavy atom. The number of rotatable bonds is 6. The zero-order valence-electron chi connectivity index (χ0n) is 13.2. The Labute approximate surface area is 134 Å². The number of nitrogens with one attached hydrogen (secondary N) is 1. The van der Waals surface area contributed by atoms with Crippen LogP contribution in [0.2, 0.25) is 0 Å². The van der Waals surface area contributed by atoms with Gasteiger partial charge in [-0.1, -0.05) is 0 Å². The van der Waals surface area contributed by atoms with Crippen LogP contribution in [0.1, 0.15) is 54.4 Å². The minimum atomic E-state index is -0.0724. The summed E-state index contributed by atoms with van der Waals surface area (Å²) in [7, 11) is 1.75. The first-order valence-corrected chi connectivity index (χ1v) is 8.14. The summed E-state index contributed by atoms with van der Waals surface area (Å²) in [6.45, 7) is 1.43. The summed E-state index contributed by atoms with van der Waals surface area (Å²) in [6, 6.07) is 3.88. The summed E-state index contributed by atoms with van der Waals surface area (Å²) in [6.07, 6.45) is 3.47. The van der Waals surface area contributed by atoms with Gasteiger partial charge < -0.3 is 14.3 Å². The minimum absolute atomic E-state index is 0.0724. The number of methoxy groups -OCH3 is 1. The van der Waals surface area contributed by atoms with Gasteiger partial charge in [0.2, 0.25) is 0 Å². The van der Waals surface area contributed by atoms with Crippen LogP contribution in [0.25, 0.3) is 0 Å². The summed E-state index contributed by atoms with van der Waals surface area (Å²) < 4.78 is 11.2. The van der Waals surface area contributed by atoms with Gasteiger partial charge in [0, 0.05) is 19.6 Å². The van der Waals surface area contributed by atoms with Crippen molar-refractivity contribution in [3.05, 3.63) is 35.3 Å². The molecule has 0 spiro atoms. The van der Waals surface area contributed by atoms with Gasteiger partial charge in [-0.25, -0.2) is 4.98 Å². The fraction of sp³-hybridized carbons (Fsp3) is 0.625. The topological polar surface area (TPSA) is 87.4 Å². The van der Waals surface area contributed by atoms with E-state index in [1.807, 2.05) is 12.1 Å². The van der Waals surface area contributed by atoms with Gasteiger partial charge in [0.15, 0.2) is 5.82 Å². The van der Waals surface area contributed by atoms with Gasteiger partial charge in [-0.15, -0.1) is 0 Å². The maximum atomic E-state index is 9.13. The molecule has 2 aromatic rings. The van der Waals surface area contributed by atoms with Gasteiger partial charge in [0.05, 0.1) is 18.7 Å². The number of H-pyrrole nitrogens is 1. The monoisotopic (exact) mass is 318 g/mol. The van der Waals surface area contributed by atoms with E-state index >= 15 is 0 Å². The molecule has 23 heavy (non-hydrogen) atoms. The van der Waals surface area contributed by atoms with Crippen LogP contribution in [-0.4, -0.2) is 44.9 Å². The molecule has 7 nitrogen and oxygen atoms in total. The van der Waals surface area contributed by atoms with Gasteiger partial charge in [-0.3, -0.25) is 10.00 Å². The number of aliphatic hydroxyl groups is 1. The van der Waals surface area contributed by atoms with Gasteiger partial charge in [-0.05, 0) is 31.4 Å². The van der Waals surface area contributed by atoms with E-state index in [-0.39, 0.29) is 18.8 Å². The molecule has 2 atom stereocenters. The zero-order chi connectivity index (χ0) is 15.8. The molecule has 3 heterocycles. The average Bonchev–Trinajstić information content (AvgIpc) is 3.01. The molecular formula is C16H22N4O3. The molecule has 0 bridgehead atoms. The van der Waals surface area contributed by atoms with Crippen molar-refractivity contribution in [2.24, 2.45) is 0 Å². The lowest BCUT2D eigenvalue weighted by Gasteiger charge is -2.20. The number of aromatic amines is 1. The molecule has 0 radical (unpaired) electrons. The molecule has 2 fully saturated rings. The third-order valence-corrected chi connectivity index (χ3v) is 4.71. The predicted octanol–water partition coefficient (Wildman–Crippen LogP) is 1.73. The van der Waals surface area contributed by atoms with Crippen LogP contribution in [0.3, 0.4) is 0 Å². The molecule has 1 saturated heterocycles. The lowest BCUT2D eigenvalue weighted by atomic mass is 10.2. The molecular weight excluding hydrogens is 296 g/mol. The number of aliphatic hydroxyl groups excluding tert-OH is 1. The van der Waals surface area contributed by atoms with Crippen molar-refractivity contribution in [1.29, 1.82) is 0 Å². The average molecular weight is 318 g/mol. The predicted molar refractivity (Wildman–Crippen MR) is 81.6 cm³/mol. The van der Waals surface area contributed by atoms with Crippen LogP contribution in [0, 0.1) is 0 Å². The second-order valence-electron chi connectivity index (χ2n) is 6.42. The molecule has 124 valence electrons. The van der Waals surface area contributed by atoms with Crippen molar-refractivity contribution in [3.63, 3.8) is 0 Å². The van der Waals surface area contributed by atoms with E-state index < -0.39 is 0 Å². The molecule has 0 aromatic carbocycles. The molecule has 1 aliphatic heterocycles. The Morgan fingerprint density at radius 3 is 2.91 bits per heavy atom. The molecule has 0 unspecified atom stereocenters. The first kappa shape index (κ1) is 14.9. The highest BCUT2D eigenvalue weighted by Crippen LogP contribution is 2.39. The summed E-state index contributed by atoms with van der Waals surface area (Å²) in [5.41, 5.74) is 0. The third kappa shape index (κ3) is 3.04. The van der Waals surface area contributed by atoms with Gasteiger partial charge in [0.1, 0.15) is 24.0 Å². The van der Waals surface area contributed by atoms with Gasteiger partial charge in [-0.2, -0.15) is 5.10 Å². The minimum Gasteiger partial charge on any atom is -0.462 e. The van der Waals surface area contributed by atoms with Crippen molar-refractivity contribution in [3.8, 4) is 0 Å². The number of nitrogens with zero attached hydrogens (tertiary/aromatic N) is 3. The quantitative estimate of drug-likeness (QED) is 0.843. The maximum Gasteiger partial charge on any atom is 0.153 e. The van der Waals surface area contributed by atoms with E-state index in [9.17, 15) is 0 Å². The van der Waals surface area contributed by atoms with Crippen LogP contribution in [-0.2, 0) is 17.9 Å². The van der Waals surface area contributed by atoms with E-state index in [4.69, 9.17) is 19.2 Å². The first-order valence-electron chi connectivity index (χ1n) is 8.14. The third-order valence-electron chi connectivity index (χ3n) is 4.71. The number of likely N-dealkylation sites (tertiary alicyclic amines) is 1. The second kappa shape index (κ2) is 6.07.